The Labute approximate surface area is 177 Å². The molecule has 29 heavy (non-hydrogen) atoms. The first-order valence-corrected chi connectivity index (χ1v) is 10.7. The molecule has 2 aromatic carbocycles. The van der Waals surface area contributed by atoms with Crippen molar-refractivity contribution in [3.63, 3.8) is 0 Å². The number of ether oxygens (including phenoxy) is 2. The lowest BCUT2D eigenvalue weighted by atomic mass is 9.99. The highest BCUT2D eigenvalue weighted by Gasteiger charge is 2.09. The number of thioether (sulfide) groups is 1. The van der Waals surface area contributed by atoms with Crippen molar-refractivity contribution in [2.75, 3.05) is 13.2 Å². The van der Waals surface area contributed by atoms with Gasteiger partial charge in [-0.3, -0.25) is 4.79 Å². The van der Waals surface area contributed by atoms with Gasteiger partial charge < -0.3 is 9.47 Å². The molecular weight excluding hydrogens is 384 g/mol. The normalized spacial score (nSPS) is 11.5. The van der Waals surface area contributed by atoms with Gasteiger partial charge in [-0.05, 0) is 78.9 Å². The summed E-state index contributed by atoms with van der Waals surface area (Å²) >= 11 is 1.23. The van der Waals surface area contributed by atoms with Crippen molar-refractivity contribution in [3.8, 4) is 5.75 Å². The Balaban J connectivity index is 1.76. The molecule has 0 radical (unpaired) electrons. The molecule has 0 aliphatic heterocycles. The molecule has 2 aromatic rings. The number of esters is 1. The van der Waals surface area contributed by atoms with E-state index in [1.165, 1.54) is 17.3 Å². The predicted molar refractivity (Wildman–Crippen MR) is 118 cm³/mol. The molecule has 0 saturated carbocycles. The van der Waals surface area contributed by atoms with E-state index in [1.54, 1.807) is 24.3 Å². The summed E-state index contributed by atoms with van der Waals surface area (Å²) in [7, 11) is 0. The summed E-state index contributed by atoms with van der Waals surface area (Å²) in [4.78, 5) is 24.4. The van der Waals surface area contributed by atoms with Crippen LogP contribution in [0.4, 0.5) is 0 Å². The highest BCUT2D eigenvalue weighted by molar-refractivity contribution is 8.14. The Morgan fingerprint density at radius 1 is 1.03 bits per heavy atom. The molecule has 0 fully saturated rings. The van der Waals surface area contributed by atoms with Crippen LogP contribution in [0.5, 0.6) is 5.75 Å². The lowest BCUT2D eigenvalue weighted by Crippen LogP contribution is -2.04. The van der Waals surface area contributed by atoms with E-state index in [1.807, 2.05) is 12.1 Å². The first kappa shape index (κ1) is 22.8. The van der Waals surface area contributed by atoms with E-state index in [0.717, 1.165) is 30.2 Å². The molecule has 0 bridgehead atoms. The molecule has 0 saturated heterocycles. The fourth-order valence-electron chi connectivity index (χ4n) is 2.58. The summed E-state index contributed by atoms with van der Waals surface area (Å²) < 4.78 is 10.6. The lowest BCUT2D eigenvalue weighted by Gasteiger charge is -2.09. The molecule has 0 heterocycles. The minimum absolute atomic E-state index is 0.0110. The Bertz CT molecular complexity index is 797. The molecule has 0 aromatic heterocycles. The van der Waals surface area contributed by atoms with Crippen molar-refractivity contribution in [2.24, 2.45) is 0 Å². The van der Waals surface area contributed by atoms with E-state index < -0.39 is 5.97 Å². The Kier molecular flexibility index (Phi) is 9.51. The first-order chi connectivity index (χ1) is 14.0. The maximum atomic E-state index is 12.5. The van der Waals surface area contributed by atoms with E-state index in [4.69, 9.17) is 9.47 Å². The number of hydrogen-bond donors (Lipinski definition) is 0. The van der Waals surface area contributed by atoms with Gasteiger partial charge in [0, 0.05) is 16.5 Å². The molecule has 2 rings (SSSR count). The largest absolute Gasteiger partial charge is 0.494 e. The van der Waals surface area contributed by atoms with Crippen LogP contribution in [0.1, 0.15) is 54.9 Å². The van der Waals surface area contributed by atoms with Gasteiger partial charge in [0.25, 0.3) is 0 Å². The van der Waals surface area contributed by atoms with E-state index in [2.05, 4.69) is 32.6 Å². The molecular formula is C24H28O4S. The maximum Gasteiger partial charge on any atom is 0.330 e. The van der Waals surface area contributed by atoms with Crippen molar-refractivity contribution in [2.45, 2.75) is 43.9 Å². The Morgan fingerprint density at radius 2 is 1.69 bits per heavy atom. The molecule has 4 nitrogen and oxygen atoms in total. The van der Waals surface area contributed by atoms with Crippen molar-refractivity contribution in [3.05, 3.63) is 72.3 Å². The second kappa shape index (κ2) is 12.1. The van der Waals surface area contributed by atoms with E-state index >= 15 is 0 Å². The van der Waals surface area contributed by atoms with Gasteiger partial charge in [-0.25, -0.2) is 4.79 Å². The summed E-state index contributed by atoms with van der Waals surface area (Å²) in [5.74, 6) is 0.836. The predicted octanol–water partition coefficient (Wildman–Crippen LogP) is 6.02. The molecule has 1 atom stereocenters. The zero-order chi connectivity index (χ0) is 21.1. The highest BCUT2D eigenvalue weighted by atomic mass is 32.2. The van der Waals surface area contributed by atoms with Crippen LogP contribution >= 0.6 is 11.8 Å². The minimum Gasteiger partial charge on any atom is -0.494 e. The van der Waals surface area contributed by atoms with Crippen LogP contribution in [0.2, 0.25) is 0 Å². The third-order valence-corrected chi connectivity index (χ3v) is 5.51. The van der Waals surface area contributed by atoms with E-state index in [0.29, 0.717) is 30.4 Å². The zero-order valence-corrected chi connectivity index (χ0v) is 17.9. The number of carbonyl (C=O) groups is 2. The smallest absolute Gasteiger partial charge is 0.330 e. The van der Waals surface area contributed by atoms with Crippen molar-refractivity contribution < 1.29 is 19.1 Å². The molecule has 154 valence electrons. The lowest BCUT2D eigenvalue weighted by molar-refractivity contribution is -0.137. The molecule has 0 spiro atoms. The van der Waals surface area contributed by atoms with E-state index in [-0.39, 0.29) is 5.12 Å². The SMILES string of the molecule is C=CC(=O)OCCCCOc1ccc(C(=O)Sc2ccc(C(C)CC)cc2)cc1. The fraction of sp³-hybridized carbons (Fsp3) is 0.333. The van der Waals surface area contributed by atoms with Gasteiger partial charge in [0.05, 0.1) is 13.2 Å². The summed E-state index contributed by atoms with van der Waals surface area (Å²) in [6.45, 7) is 8.60. The van der Waals surface area contributed by atoms with Crippen molar-refractivity contribution in [1.29, 1.82) is 0 Å². The summed E-state index contributed by atoms with van der Waals surface area (Å²) in [6, 6.07) is 15.4. The van der Waals surface area contributed by atoms with Gasteiger partial charge >= 0.3 is 5.97 Å². The monoisotopic (exact) mass is 412 g/mol. The van der Waals surface area contributed by atoms with Gasteiger partial charge in [-0.15, -0.1) is 0 Å². The second-order valence-electron chi connectivity index (χ2n) is 6.72. The zero-order valence-electron chi connectivity index (χ0n) is 17.1. The maximum absolute atomic E-state index is 12.5. The van der Waals surface area contributed by atoms with Crippen LogP contribution in [-0.2, 0) is 9.53 Å². The van der Waals surface area contributed by atoms with Crippen LogP contribution in [0, 0.1) is 0 Å². The molecule has 5 heteroatoms. The van der Waals surface area contributed by atoms with E-state index in [9.17, 15) is 9.59 Å². The number of hydrogen-bond acceptors (Lipinski definition) is 5. The summed E-state index contributed by atoms with van der Waals surface area (Å²) in [5, 5.41) is 0.0110. The number of rotatable bonds is 11. The fourth-order valence-corrected chi connectivity index (χ4v) is 3.32. The molecule has 0 aliphatic carbocycles. The molecule has 0 amide bonds. The average Bonchev–Trinajstić information content (AvgIpc) is 2.76. The second-order valence-corrected chi connectivity index (χ2v) is 7.77. The standard InChI is InChI=1S/C24H28O4S/c1-4-18(3)19-10-14-22(15-11-19)29-24(26)20-8-12-21(13-9-20)27-16-6-7-17-28-23(25)5-2/h5,8-15,18H,2,4,6-7,16-17H2,1,3H3. The van der Waals surface area contributed by atoms with Crippen LogP contribution in [-0.4, -0.2) is 24.3 Å². The van der Waals surface area contributed by atoms with Gasteiger partial charge in [-0.1, -0.05) is 32.6 Å². The number of unbranched alkanes of at least 4 members (excludes halogenated alkanes) is 1. The topological polar surface area (TPSA) is 52.6 Å². The van der Waals surface area contributed by atoms with Crippen LogP contribution in [0.3, 0.4) is 0 Å². The van der Waals surface area contributed by atoms with Crippen LogP contribution in [0.25, 0.3) is 0 Å². The van der Waals surface area contributed by atoms with Gasteiger partial charge in [0.1, 0.15) is 5.75 Å². The first-order valence-electron chi connectivity index (χ1n) is 9.87. The number of benzene rings is 2. The summed E-state index contributed by atoms with van der Waals surface area (Å²) in [5.41, 5.74) is 1.94. The number of carbonyl (C=O) groups excluding carboxylic acids is 2. The third-order valence-electron chi connectivity index (χ3n) is 4.58. The Morgan fingerprint density at radius 3 is 2.31 bits per heavy atom. The molecule has 0 aliphatic rings. The Hall–Kier alpha value is -2.53. The van der Waals surface area contributed by atoms with Crippen molar-refractivity contribution >= 4 is 22.8 Å². The van der Waals surface area contributed by atoms with Crippen LogP contribution < -0.4 is 4.74 Å². The molecule has 0 N–H and O–H groups in total. The highest BCUT2D eigenvalue weighted by Crippen LogP contribution is 2.26. The average molecular weight is 413 g/mol. The minimum atomic E-state index is -0.407. The quantitative estimate of drug-likeness (QED) is 0.195. The van der Waals surface area contributed by atoms with Crippen molar-refractivity contribution in [1.82, 2.24) is 0 Å². The van der Waals surface area contributed by atoms with Gasteiger partial charge in [0.2, 0.25) is 5.12 Å². The van der Waals surface area contributed by atoms with Gasteiger partial charge in [-0.2, -0.15) is 0 Å². The van der Waals surface area contributed by atoms with Crippen LogP contribution in [0.15, 0.2) is 66.1 Å². The van der Waals surface area contributed by atoms with Gasteiger partial charge in [0.15, 0.2) is 0 Å². The molecule has 1 unspecified atom stereocenters. The third kappa shape index (κ3) is 7.78. The summed E-state index contributed by atoms with van der Waals surface area (Å²) in [6.07, 6.45) is 3.75.